The fourth-order valence-electron chi connectivity index (χ4n) is 2.63. The van der Waals surface area contributed by atoms with Crippen LogP contribution in [0.3, 0.4) is 0 Å². The lowest BCUT2D eigenvalue weighted by molar-refractivity contribution is -0.122. The zero-order valence-electron chi connectivity index (χ0n) is 11.4. The van der Waals surface area contributed by atoms with Gasteiger partial charge in [0.1, 0.15) is 0 Å². The van der Waals surface area contributed by atoms with Gasteiger partial charge in [0, 0.05) is 20.3 Å². The van der Waals surface area contributed by atoms with Crippen LogP contribution in [0.1, 0.15) is 29.5 Å². The third-order valence-electron chi connectivity index (χ3n) is 3.87. The van der Waals surface area contributed by atoms with Gasteiger partial charge in [-0.2, -0.15) is 5.10 Å². The maximum atomic E-state index is 11.9. The molecule has 2 fully saturated rings. The molecule has 21 heavy (non-hydrogen) atoms. The number of hydrogen-bond donors (Lipinski definition) is 2. The Kier molecular flexibility index (Phi) is 3.77. The van der Waals surface area contributed by atoms with E-state index in [9.17, 15) is 9.59 Å². The highest BCUT2D eigenvalue weighted by atomic mass is 35.5. The highest BCUT2D eigenvalue weighted by molar-refractivity contribution is 6.30. The van der Waals surface area contributed by atoms with Crippen molar-refractivity contribution in [3.8, 4) is 0 Å². The van der Waals surface area contributed by atoms with Crippen LogP contribution in [0.15, 0.2) is 6.07 Å². The Hall–Kier alpha value is -1.73. The fraction of sp³-hybridized carbons (Fsp3) is 0.538. The number of ether oxygens (including phenoxy) is 1. The fourth-order valence-corrected chi connectivity index (χ4v) is 2.87. The van der Waals surface area contributed by atoms with Crippen molar-refractivity contribution in [3.63, 3.8) is 0 Å². The lowest BCUT2D eigenvalue weighted by atomic mass is 10.0. The van der Waals surface area contributed by atoms with E-state index in [0.29, 0.717) is 29.3 Å². The predicted octanol–water partition coefficient (Wildman–Crippen LogP) is 0.803. The van der Waals surface area contributed by atoms with Gasteiger partial charge in [-0.05, 0) is 29.9 Å². The van der Waals surface area contributed by atoms with Crippen LogP contribution in [-0.4, -0.2) is 42.4 Å². The largest absolute Gasteiger partial charge is 0.384 e. The van der Waals surface area contributed by atoms with Gasteiger partial charge in [0.15, 0.2) is 5.15 Å². The molecule has 2 aliphatic rings. The molecule has 8 heteroatoms. The van der Waals surface area contributed by atoms with E-state index in [1.165, 1.54) is 0 Å². The Morgan fingerprint density at radius 2 is 2.24 bits per heavy atom. The van der Waals surface area contributed by atoms with E-state index in [1.54, 1.807) is 7.11 Å². The predicted molar refractivity (Wildman–Crippen MR) is 74.0 cm³/mol. The summed E-state index contributed by atoms with van der Waals surface area (Å²) in [4.78, 5) is 23.0. The van der Waals surface area contributed by atoms with Crippen molar-refractivity contribution in [1.82, 2.24) is 20.8 Å². The Bertz CT molecular complexity index is 595. The van der Waals surface area contributed by atoms with Gasteiger partial charge < -0.3 is 10.1 Å². The van der Waals surface area contributed by atoms with Crippen LogP contribution < -0.4 is 10.6 Å². The van der Waals surface area contributed by atoms with Crippen molar-refractivity contribution in [2.45, 2.75) is 18.3 Å². The summed E-state index contributed by atoms with van der Waals surface area (Å²) in [6, 6.07) is 1.33. The number of hydrogen-bond acceptors (Lipinski definition) is 5. The van der Waals surface area contributed by atoms with Crippen LogP contribution >= 0.6 is 11.6 Å². The number of methoxy groups -OCH3 is 1. The lowest BCUT2D eigenvalue weighted by Gasteiger charge is -2.21. The van der Waals surface area contributed by atoms with Crippen LogP contribution in [0.4, 0.5) is 4.79 Å². The van der Waals surface area contributed by atoms with Crippen molar-refractivity contribution < 1.29 is 14.3 Å². The number of nitrogens with one attached hydrogen (secondary N) is 2. The number of imide groups is 1. The van der Waals surface area contributed by atoms with E-state index in [2.05, 4.69) is 20.8 Å². The number of nitrogens with zero attached hydrogens (tertiary/aromatic N) is 2. The summed E-state index contributed by atoms with van der Waals surface area (Å²) in [5, 5.41) is 13.1. The molecule has 1 saturated carbocycles. The van der Waals surface area contributed by atoms with Crippen molar-refractivity contribution in [1.29, 1.82) is 0 Å². The summed E-state index contributed by atoms with van der Waals surface area (Å²) in [7, 11) is 1.67. The van der Waals surface area contributed by atoms with Crippen molar-refractivity contribution in [2.24, 2.45) is 5.92 Å². The molecule has 0 aromatic carbocycles. The smallest absolute Gasteiger partial charge is 0.321 e. The minimum Gasteiger partial charge on any atom is -0.384 e. The maximum absolute atomic E-state index is 11.9. The number of carbonyl (C=O) groups excluding carboxylic acids is 2. The number of carbonyl (C=O) groups is 2. The molecule has 1 aliphatic carbocycles. The molecule has 1 aromatic heterocycles. The maximum Gasteiger partial charge on any atom is 0.321 e. The topological polar surface area (TPSA) is 93.2 Å². The molecule has 2 N–H and O–H groups in total. The zero-order chi connectivity index (χ0) is 15.0. The van der Waals surface area contributed by atoms with Crippen LogP contribution in [0.2, 0.25) is 5.15 Å². The molecule has 1 saturated heterocycles. The zero-order valence-corrected chi connectivity index (χ0v) is 12.2. The number of urea groups is 1. The van der Waals surface area contributed by atoms with Gasteiger partial charge in [-0.15, -0.1) is 5.10 Å². The Balaban J connectivity index is 1.81. The van der Waals surface area contributed by atoms with E-state index in [-0.39, 0.29) is 12.5 Å². The first-order valence-electron chi connectivity index (χ1n) is 6.70. The summed E-state index contributed by atoms with van der Waals surface area (Å²) in [6.07, 6.45) is 0.992. The molecule has 0 bridgehead atoms. The lowest BCUT2D eigenvalue weighted by Crippen LogP contribution is -2.51. The van der Waals surface area contributed by atoms with Crippen molar-refractivity contribution in [3.05, 3.63) is 22.5 Å². The SMILES string of the molecule is COC[C@H]1C[C@@H]1c1cc(C2CNC(=O)NC2=O)nnc1Cl. The molecule has 1 aliphatic heterocycles. The molecular weight excluding hydrogens is 296 g/mol. The second kappa shape index (κ2) is 5.57. The molecule has 112 valence electrons. The molecule has 2 heterocycles. The van der Waals surface area contributed by atoms with Gasteiger partial charge in [0.2, 0.25) is 5.91 Å². The van der Waals surface area contributed by atoms with E-state index in [1.807, 2.05) is 6.07 Å². The molecule has 7 nitrogen and oxygen atoms in total. The number of halogens is 1. The van der Waals surface area contributed by atoms with Gasteiger partial charge in [0.05, 0.1) is 11.6 Å². The van der Waals surface area contributed by atoms with Crippen LogP contribution in [0.25, 0.3) is 0 Å². The molecule has 0 radical (unpaired) electrons. The monoisotopic (exact) mass is 310 g/mol. The normalized spacial score (nSPS) is 28.0. The first-order valence-corrected chi connectivity index (χ1v) is 7.08. The Morgan fingerprint density at radius 1 is 1.43 bits per heavy atom. The first-order chi connectivity index (χ1) is 10.1. The van der Waals surface area contributed by atoms with Crippen molar-refractivity contribution >= 4 is 23.5 Å². The third kappa shape index (κ3) is 2.84. The number of aromatic nitrogens is 2. The van der Waals surface area contributed by atoms with Gasteiger partial charge in [-0.1, -0.05) is 11.6 Å². The van der Waals surface area contributed by atoms with Gasteiger partial charge >= 0.3 is 6.03 Å². The average molecular weight is 311 g/mol. The van der Waals surface area contributed by atoms with Crippen LogP contribution in [0, 0.1) is 5.92 Å². The summed E-state index contributed by atoms with van der Waals surface area (Å²) < 4.78 is 5.14. The Morgan fingerprint density at radius 3 is 2.95 bits per heavy atom. The minimum absolute atomic E-state index is 0.215. The molecule has 3 amide bonds. The molecule has 3 atom stereocenters. The van der Waals surface area contributed by atoms with E-state index in [0.717, 1.165) is 12.0 Å². The second-order valence-corrected chi connectivity index (χ2v) is 5.68. The summed E-state index contributed by atoms with van der Waals surface area (Å²) in [5.74, 6) is -0.172. The third-order valence-corrected chi connectivity index (χ3v) is 4.17. The van der Waals surface area contributed by atoms with Crippen LogP contribution in [0.5, 0.6) is 0 Å². The Labute approximate surface area is 126 Å². The van der Waals surface area contributed by atoms with E-state index < -0.39 is 11.9 Å². The standard InChI is InChI=1S/C13H15ClN4O3/c1-21-5-6-2-7(6)8-3-10(17-18-11(8)14)9-4-15-13(20)16-12(9)19/h3,6-7,9H,2,4-5H2,1H3,(H2,15,16,19,20)/t6-,7+,9?/m1/s1. The minimum atomic E-state index is -0.536. The summed E-state index contributed by atoms with van der Waals surface area (Å²) >= 11 is 6.11. The number of rotatable bonds is 4. The second-order valence-electron chi connectivity index (χ2n) is 5.32. The summed E-state index contributed by atoms with van der Waals surface area (Å²) in [6.45, 7) is 0.894. The van der Waals surface area contributed by atoms with E-state index in [4.69, 9.17) is 16.3 Å². The highest BCUT2D eigenvalue weighted by Gasteiger charge is 2.40. The van der Waals surface area contributed by atoms with Crippen molar-refractivity contribution in [2.75, 3.05) is 20.3 Å². The van der Waals surface area contributed by atoms with Crippen LogP contribution in [-0.2, 0) is 9.53 Å². The molecule has 1 unspecified atom stereocenters. The number of amides is 3. The average Bonchev–Trinajstić information content (AvgIpc) is 3.19. The highest BCUT2D eigenvalue weighted by Crippen LogP contribution is 2.49. The quantitative estimate of drug-likeness (QED) is 0.858. The molecule has 1 aromatic rings. The summed E-state index contributed by atoms with van der Waals surface area (Å²) in [5.41, 5.74) is 1.42. The molecule has 3 rings (SSSR count). The van der Waals surface area contributed by atoms with E-state index >= 15 is 0 Å². The first kappa shape index (κ1) is 14.2. The molecule has 0 spiro atoms. The van der Waals surface area contributed by atoms with Gasteiger partial charge in [0.25, 0.3) is 0 Å². The molecular formula is C13H15ClN4O3. The van der Waals surface area contributed by atoms with Gasteiger partial charge in [-0.25, -0.2) is 4.79 Å². The van der Waals surface area contributed by atoms with Gasteiger partial charge in [-0.3, -0.25) is 10.1 Å².